The second-order valence-corrected chi connectivity index (χ2v) is 6.91. The molecule has 0 bridgehead atoms. The number of Topliss-reactive ketones (excluding diaryl/α,β-unsaturated/α-hetero) is 2. The van der Waals surface area contributed by atoms with E-state index in [9.17, 15) is 24.6 Å². The minimum atomic E-state index is -1.28. The van der Waals surface area contributed by atoms with Gasteiger partial charge in [-0.25, -0.2) is 4.98 Å². The smallest absolute Gasteiger partial charge is 0.251 e. The first-order chi connectivity index (χ1) is 15.3. The van der Waals surface area contributed by atoms with E-state index in [1.54, 1.807) is 26.0 Å². The Balaban J connectivity index is 0.00000176. The van der Waals surface area contributed by atoms with Gasteiger partial charge in [-0.3, -0.25) is 14.4 Å². The number of carbonyl (C=O) groups excluding carboxylic acids is 3. The molecule has 1 aliphatic rings. The molecular weight excluding hydrogens is 412 g/mol. The number of rotatable bonds is 5. The molecule has 0 saturated carbocycles. The van der Waals surface area contributed by atoms with Crippen molar-refractivity contribution in [2.24, 2.45) is 0 Å². The Morgan fingerprint density at radius 3 is 2.41 bits per heavy atom. The number of pyridine rings is 1. The van der Waals surface area contributed by atoms with Crippen LogP contribution in [0.3, 0.4) is 0 Å². The summed E-state index contributed by atoms with van der Waals surface area (Å²) in [6, 6.07) is 5.58. The van der Waals surface area contributed by atoms with Crippen molar-refractivity contribution in [3.63, 3.8) is 0 Å². The third-order valence-corrected chi connectivity index (χ3v) is 5.00. The average molecular weight is 436 g/mol. The zero-order valence-corrected chi connectivity index (χ0v) is 17.7. The van der Waals surface area contributed by atoms with Crippen molar-refractivity contribution in [2.75, 3.05) is 13.2 Å². The number of fused-ring (bicyclic) bond motifs is 1. The SMILES string of the molecule is C#C.C/C=c1/cc(O)c(C2C(=O)c3ccc(C(=O)NCC(O)CO)cc3C2=O)n/c1=C/C. The third kappa shape index (κ3) is 4.59. The maximum atomic E-state index is 13.0. The van der Waals surface area contributed by atoms with Crippen LogP contribution in [0.4, 0.5) is 0 Å². The first-order valence-electron chi connectivity index (χ1n) is 9.77. The van der Waals surface area contributed by atoms with E-state index >= 15 is 0 Å². The predicted octanol–water partition coefficient (Wildman–Crippen LogP) is -0.117. The monoisotopic (exact) mass is 436 g/mol. The number of carbonyl (C=O) groups is 3. The van der Waals surface area contributed by atoms with Crippen LogP contribution < -0.4 is 15.9 Å². The average Bonchev–Trinajstić information content (AvgIpc) is 3.07. The predicted molar refractivity (Wildman–Crippen MR) is 119 cm³/mol. The summed E-state index contributed by atoms with van der Waals surface area (Å²) in [6.45, 7) is 2.90. The fraction of sp³-hybridized carbons (Fsp3) is 0.250. The van der Waals surface area contributed by atoms with Crippen LogP contribution in [-0.4, -0.2) is 57.0 Å². The van der Waals surface area contributed by atoms with Gasteiger partial charge < -0.3 is 20.6 Å². The number of aliphatic hydroxyl groups excluding tert-OH is 2. The van der Waals surface area contributed by atoms with Crippen LogP contribution in [0.1, 0.15) is 56.5 Å². The fourth-order valence-electron chi connectivity index (χ4n) is 3.38. The minimum absolute atomic E-state index is 0.0167. The number of aliphatic hydroxyl groups is 2. The number of amides is 1. The number of hydrogen-bond donors (Lipinski definition) is 4. The summed E-state index contributed by atoms with van der Waals surface area (Å²) < 4.78 is 0. The molecule has 2 atom stereocenters. The highest BCUT2D eigenvalue weighted by molar-refractivity contribution is 6.30. The summed E-state index contributed by atoms with van der Waals surface area (Å²) in [4.78, 5) is 42.5. The van der Waals surface area contributed by atoms with Crippen LogP contribution in [0.5, 0.6) is 5.75 Å². The van der Waals surface area contributed by atoms with Crippen molar-refractivity contribution in [2.45, 2.75) is 25.9 Å². The van der Waals surface area contributed by atoms with Gasteiger partial charge in [0.15, 0.2) is 11.6 Å². The summed E-state index contributed by atoms with van der Waals surface area (Å²) >= 11 is 0. The largest absolute Gasteiger partial charge is 0.506 e. The summed E-state index contributed by atoms with van der Waals surface area (Å²) in [6.07, 6.45) is 10.4. The molecule has 1 aromatic carbocycles. The lowest BCUT2D eigenvalue weighted by molar-refractivity contribution is 0.0801. The second-order valence-electron chi connectivity index (χ2n) is 6.91. The first-order valence-corrected chi connectivity index (χ1v) is 9.77. The van der Waals surface area contributed by atoms with E-state index in [0.29, 0.717) is 10.6 Å². The molecule has 4 N–H and O–H groups in total. The van der Waals surface area contributed by atoms with E-state index < -0.39 is 36.1 Å². The standard InChI is InChI=1S/C22H22N2O6.C2H2/c1-3-11-8-17(27)19(24-16(11)4-2)18-20(28)14-6-5-12(7-15(14)21(18)29)22(30)23-9-13(26)10-25;1-2/h3-8,13,18,25-27H,9-10H2,1-2H3,(H,23,30);1-2H/b11-3-,16-4+;. The molecule has 2 aromatic rings. The number of nitrogens with zero attached hydrogens (tertiary/aromatic N) is 1. The molecule has 1 aromatic heterocycles. The number of benzene rings is 1. The van der Waals surface area contributed by atoms with Gasteiger partial charge in [0.1, 0.15) is 17.4 Å². The van der Waals surface area contributed by atoms with Gasteiger partial charge in [0.05, 0.1) is 18.1 Å². The normalized spacial score (nSPS) is 16.9. The van der Waals surface area contributed by atoms with E-state index in [4.69, 9.17) is 5.11 Å². The van der Waals surface area contributed by atoms with Gasteiger partial charge in [-0.15, -0.1) is 12.8 Å². The molecule has 1 heterocycles. The third-order valence-electron chi connectivity index (χ3n) is 5.00. The molecule has 0 spiro atoms. The van der Waals surface area contributed by atoms with Gasteiger partial charge in [-0.1, -0.05) is 12.2 Å². The van der Waals surface area contributed by atoms with Crippen LogP contribution in [0.25, 0.3) is 12.2 Å². The van der Waals surface area contributed by atoms with Crippen LogP contribution in [-0.2, 0) is 0 Å². The van der Waals surface area contributed by atoms with Crippen molar-refractivity contribution < 1.29 is 29.7 Å². The van der Waals surface area contributed by atoms with Gasteiger partial charge in [-0.05, 0) is 43.3 Å². The lowest BCUT2D eigenvalue weighted by Crippen LogP contribution is -2.33. The van der Waals surface area contributed by atoms with Crippen LogP contribution in [0.2, 0.25) is 0 Å². The van der Waals surface area contributed by atoms with E-state index in [1.165, 1.54) is 24.3 Å². The highest BCUT2D eigenvalue weighted by atomic mass is 16.3. The number of hydrogen-bond acceptors (Lipinski definition) is 7. The molecule has 0 fully saturated rings. The molecule has 1 aliphatic carbocycles. The highest BCUT2D eigenvalue weighted by Crippen LogP contribution is 2.36. The zero-order valence-electron chi connectivity index (χ0n) is 17.7. The molecule has 2 unspecified atom stereocenters. The Morgan fingerprint density at radius 2 is 1.81 bits per heavy atom. The Morgan fingerprint density at radius 1 is 1.16 bits per heavy atom. The van der Waals surface area contributed by atoms with Gasteiger partial charge in [-0.2, -0.15) is 0 Å². The first kappa shape index (κ1) is 24.5. The Hall–Kier alpha value is -3.80. The molecule has 8 nitrogen and oxygen atoms in total. The molecule has 0 saturated heterocycles. The van der Waals surface area contributed by atoms with Crippen molar-refractivity contribution >= 4 is 29.6 Å². The molecule has 8 heteroatoms. The molecule has 0 aliphatic heterocycles. The number of nitrogens with one attached hydrogen (secondary N) is 1. The summed E-state index contributed by atoms with van der Waals surface area (Å²) in [5.74, 6) is -3.11. The van der Waals surface area contributed by atoms with Crippen LogP contribution >= 0.6 is 0 Å². The van der Waals surface area contributed by atoms with Crippen LogP contribution in [0.15, 0.2) is 24.3 Å². The molecule has 32 heavy (non-hydrogen) atoms. The Bertz CT molecular complexity index is 1200. The molecule has 1 amide bonds. The number of aromatic hydroxyl groups is 1. The fourth-order valence-corrected chi connectivity index (χ4v) is 3.38. The van der Waals surface area contributed by atoms with E-state index in [1.807, 2.05) is 0 Å². The summed E-state index contributed by atoms with van der Waals surface area (Å²) in [5.41, 5.74) is 0.356. The minimum Gasteiger partial charge on any atom is -0.506 e. The van der Waals surface area contributed by atoms with Gasteiger partial charge in [0, 0.05) is 23.2 Å². The highest BCUT2D eigenvalue weighted by Gasteiger charge is 2.42. The van der Waals surface area contributed by atoms with Crippen molar-refractivity contribution in [1.29, 1.82) is 0 Å². The topological polar surface area (TPSA) is 137 Å². The van der Waals surface area contributed by atoms with E-state index in [2.05, 4.69) is 23.1 Å². The van der Waals surface area contributed by atoms with E-state index in [-0.39, 0.29) is 34.7 Å². The van der Waals surface area contributed by atoms with Gasteiger partial charge >= 0.3 is 0 Å². The Labute approximate surface area is 184 Å². The molecule has 3 rings (SSSR count). The maximum Gasteiger partial charge on any atom is 0.251 e. The number of terminal acetylenes is 1. The molecule has 166 valence electrons. The van der Waals surface area contributed by atoms with E-state index in [0.717, 1.165) is 0 Å². The van der Waals surface area contributed by atoms with Crippen molar-refractivity contribution in [1.82, 2.24) is 10.3 Å². The number of ketones is 2. The van der Waals surface area contributed by atoms with Crippen LogP contribution in [0, 0.1) is 12.8 Å². The maximum absolute atomic E-state index is 13.0. The lowest BCUT2D eigenvalue weighted by atomic mass is 9.98. The molecular formula is C24H24N2O6. The summed E-state index contributed by atoms with van der Waals surface area (Å²) in [5, 5.41) is 32.2. The lowest BCUT2D eigenvalue weighted by Gasteiger charge is -2.09. The second kappa shape index (κ2) is 10.5. The zero-order chi connectivity index (χ0) is 24.0. The summed E-state index contributed by atoms with van der Waals surface area (Å²) in [7, 11) is 0. The Kier molecular flexibility index (Phi) is 8.02. The van der Waals surface area contributed by atoms with Crippen molar-refractivity contribution in [3.8, 4) is 18.6 Å². The van der Waals surface area contributed by atoms with Crippen molar-refractivity contribution in [3.05, 3.63) is 57.2 Å². The molecule has 0 radical (unpaired) electrons. The van der Waals surface area contributed by atoms with Gasteiger partial charge in [0.2, 0.25) is 0 Å². The quantitative estimate of drug-likeness (QED) is 0.379. The number of aromatic nitrogens is 1. The van der Waals surface area contributed by atoms with Gasteiger partial charge in [0.25, 0.3) is 5.91 Å².